The number of fused-ring (bicyclic) bond motifs is 1. The molecule has 33 heavy (non-hydrogen) atoms. The number of carbonyl (C=O) groups excluding carboxylic acids is 1. The zero-order valence-electron chi connectivity index (χ0n) is 19.3. The molecule has 0 aliphatic carbocycles. The summed E-state index contributed by atoms with van der Waals surface area (Å²) in [4.78, 5) is 48.2. The van der Waals surface area contributed by atoms with Crippen LogP contribution in [0.25, 0.3) is 11.0 Å². The lowest BCUT2D eigenvalue weighted by molar-refractivity contribution is -0.113. The highest BCUT2D eigenvalue weighted by molar-refractivity contribution is 8.00. The van der Waals surface area contributed by atoms with Crippen LogP contribution in [0.1, 0.15) is 26.6 Å². The van der Waals surface area contributed by atoms with Crippen LogP contribution in [0, 0.1) is 0 Å². The van der Waals surface area contributed by atoms with E-state index in [1.165, 1.54) is 11.6 Å². The summed E-state index contributed by atoms with van der Waals surface area (Å²) < 4.78 is 2.37. The summed E-state index contributed by atoms with van der Waals surface area (Å²) in [6, 6.07) is 7.56. The number of benzene rings is 1. The van der Waals surface area contributed by atoms with Crippen molar-refractivity contribution in [2.45, 2.75) is 36.1 Å². The highest BCUT2D eigenvalue weighted by Crippen LogP contribution is 2.29. The highest BCUT2D eigenvalue weighted by Gasteiger charge is 2.24. The Labute approximate surface area is 200 Å². The van der Waals surface area contributed by atoms with Crippen molar-refractivity contribution in [1.29, 1.82) is 0 Å². The Morgan fingerprint density at radius 3 is 2.48 bits per heavy atom. The molecule has 0 radical (unpaired) electrons. The molecule has 8 nitrogen and oxygen atoms in total. The van der Waals surface area contributed by atoms with E-state index in [-0.39, 0.29) is 22.7 Å². The Morgan fingerprint density at radius 1 is 1.12 bits per heavy atom. The van der Waals surface area contributed by atoms with Gasteiger partial charge < -0.3 is 5.32 Å². The molecule has 3 rings (SSSR count). The number of nitrogens with zero attached hydrogens (tertiary/aromatic N) is 4. The van der Waals surface area contributed by atoms with E-state index in [1.54, 1.807) is 24.9 Å². The number of rotatable bonds is 7. The van der Waals surface area contributed by atoms with Crippen molar-refractivity contribution < 1.29 is 4.79 Å². The van der Waals surface area contributed by atoms with Crippen LogP contribution in [0.5, 0.6) is 0 Å². The van der Waals surface area contributed by atoms with Gasteiger partial charge in [-0.25, -0.2) is 14.8 Å². The van der Waals surface area contributed by atoms with Crippen LogP contribution in [0.2, 0.25) is 0 Å². The number of carbonyl (C=O) groups is 1. The van der Waals surface area contributed by atoms with Crippen LogP contribution in [0.4, 0.5) is 5.69 Å². The summed E-state index contributed by atoms with van der Waals surface area (Å²) in [5.41, 5.74) is -0.381. The van der Waals surface area contributed by atoms with E-state index in [0.717, 1.165) is 32.7 Å². The second-order valence-corrected chi connectivity index (χ2v) is 10.5. The van der Waals surface area contributed by atoms with E-state index in [4.69, 9.17) is 0 Å². The first-order valence-electron chi connectivity index (χ1n) is 10.3. The van der Waals surface area contributed by atoms with Gasteiger partial charge in [0, 0.05) is 30.2 Å². The van der Waals surface area contributed by atoms with Crippen LogP contribution < -0.4 is 16.6 Å². The molecule has 0 unspecified atom stereocenters. The Bertz CT molecular complexity index is 1340. The first-order valence-corrected chi connectivity index (χ1v) is 12.2. The van der Waals surface area contributed by atoms with Gasteiger partial charge in [-0.3, -0.25) is 18.7 Å². The number of nitrogens with one attached hydrogen (secondary N) is 1. The third-order valence-electron chi connectivity index (χ3n) is 4.80. The molecule has 0 saturated carbocycles. The van der Waals surface area contributed by atoms with Crippen LogP contribution in [-0.2, 0) is 24.3 Å². The highest BCUT2D eigenvalue weighted by atomic mass is 32.2. The third-order valence-corrected chi connectivity index (χ3v) is 6.84. The molecule has 2 heterocycles. The Balaban J connectivity index is 1.96. The molecule has 0 bridgehead atoms. The Kier molecular flexibility index (Phi) is 7.48. The van der Waals surface area contributed by atoms with Gasteiger partial charge in [0.2, 0.25) is 5.91 Å². The summed E-state index contributed by atoms with van der Waals surface area (Å²) in [5, 5.41) is 3.54. The van der Waals surface area contributed by atoms with Crippen LogP contribution in [-0.4, -0.2) is 36.5 Å². The number of anilines is 1. The topological polar surface area (TPSA) is 98.9 Å². The van der Waals surface area contributed by atoms with Gasteiger partial charge in [-0.2, -0.15) is 0 Å². The predicted octanol–water partition coefficient (Wildman–Crippen LogP) is 3.33. The number of thioether (sulfide) groups is 2. The standard InChI is InChI=1S/C23H27N5O3S2/c1-7-12-32-15-11-9-8-10-14(15)24-16(29)13-33-19-17-18(25-21(26-19)23(2,3)4)27(5)22(31)28(6)20(17)30/h7-11H,1,12-13H2,2-6H3,(H,24,29). The van der Waals surface area contributed by atoms with Crippen molar-refractivity contribution >= 4 is 46.2 Å². The summed E-state index contributed by atoms with van der Waals surface area (Å²) in [5.74, 6) is 1.04. The quantitative estimate of drug-likeness (QED) is 0.311. The largest absolute Gasteiger partial charge is 0.332 e. The van der Waals surface area contributed by atoms with Crippen molar-refractivity contribution in [3.05, 3.63) is 63.6 Å². The number of aromatic nitrogens is 4. The molecular weight excluding hydrogens is 458 g/mol. The van der Waals surface area contributed by atoms with Gasteiger partial charge in [-0.05, 0) is 12.1 Å². The SMILES string of the molecule is C=CCSc1ccccc1NC(=O)CSc1nc(C(C)(C)C)nc2c1c(=O)n(C)c(=O)n2C. The van der Waals surface area contributed by atoms with E-state index < -0.39 is 16.7 Å². The molecule has 1 N–H and O–H groups in total. The number of amides is 1. The van der Waals surface area contributed by atoms with Gasteiger partial charge >= 0.3 is 5.69 Å². The first-order chi connectivity index (χ1) is 15.5. The van der Waals surface area contributed by atoms with Crippen molar-refractivity contribution in [2.75, 3.05) is 16.8 Å². The minimum atomic E-state index is -0.484. The van der Waals surface area contributed by atoms with E-state index in [1.807, 2.05) is 45.0 Å². The van der Waals surface area contributed by atoms with E-state index in [2.05, 4.69) is 21.9 Å². The fourth-order valence-corrected chi connectivity index (χ4v) is 4.59. The molecule has 2 aromatic heterocycles. The summed E-state index contributed by atoms with van der Waals surface area (Å²) in [6.45, 7) is 9.58. The summed E-state index contributed by atoms with van der Waals surface area (Å²) in [6.07, 6.45) is 1.81. The van der Waals surface area contributed by atoms with Crippen LogP contribution in [0.15, 0.2) is 56.4 Å². The maximum Gasteiger partial charge on any atom is 0.332 e. The zero-order chi connectivity index (χ0) is 24.3. The van der Waals surface area contributed by atoms with E-state index >= 15 is 0 Å². The van der Waals surface area contributed by atoms with Gasteiger partial charge in [0.05, 0.1) is 11.4 Å². The van der Waals surface area contributed by atoms with E-state index in [9.17, 15) is 14.4 Å². The van der Waals surface area contributed by atoms with Crippen molar-refractivity contribution in [3.63, 3.8) is 0 Å². The molecule has 174 valence electrons. The van der Waals surface area contributed by atoms with Crippen molar-refractivity contribution in [2.24, 2.45) is 14.1 Å². The van der Waals surface area contributed by atoms with Gasteiger partial charge in [0.1, 0.15) is 16.2 Å². The monoisotopic (exact) mass is 485 g/mol. The molecule has 10 heteroatoms. The van der Waals surface area contributed by atoms with Gasteiger partial charge in [0.25, 0.3) is 5.56 Å². The predicted molar refractivity (Wildman–Crippen MR) is 135 cm³/mol. The van der Waals surface area contributed by atoms with Gasteiger partial charge in [-0.15, -0.1) is 18.3 Å². The summed E-state index contributed by atoms with van der Waals surface area (Å²) >= 11 is 2.73. The maximum absolute atomic E-state index is 12.9. The van der Waals surface area contributed by atoms with Crippen molar-refractivity contribution in [3.8, 4) is 0 Å². The van der Waals surface area contributed by atoms with Gasteiger partial charge in [0.15, 0.2) is 5.65 Å². The normalized spacial score (nSPS) is 11.5. The number of hydrogen-bond acceptors (Lipinski definition) is 7. The number of hydrogen-bond donors (Lipinski definition) is 1. The number of para-hydroxylation sites is 1. The second kappa shape index (κ2) is 9.96. The molecular formula is C23H27N5O3S2. The molecule has 0 saturated heterocycles. The lowest BCUT2D eigenvalue weighted by Gasteiger charge is -2.19. The Hall–Kier alpha value is -2.85. The fraction of sp³-hybridized carbons (Fsp3) is 0.348. The van der Waals surface area contributed by atoms with Crippen LogP contribution >= 0.6 is 23.5 Å². The molecule has 0 fully saturated rings. The smallest absolute Gasteiger partial charge is 0.324 e. The number of aryl methyl sites for hydroxylation is 1. The Morgan fingerprint density at radius 2 is 1.82 bits per heavy atom. The minimum Gasteiger partial charge on any atom is -0.324 e. The minimum absolute atomic E-state index is 0.0438. The van der Waals surface area contributed by atoms with Gasteiger partial charge in [-0.1, -0.05) is 50.7 Å². The molecule has 0 aliphatic rings. The van der Waals surface area contributed by atoms with Crippen molar-refractivity contribution in [1.82, 2.24) is 19.1 Å². The fourth-order valence-electron chi connectivity index (χ4n) is 3.03. The first kappa shape index (κ1) is 24.8. The molecule has 3 aromatic rings. The van der Waals surface area contributed by atoms with Crippen LogP contribution in [0.3, 0.4) is 0 Å². The lowest BCUT2D eigenvalue weighted by atomic mass is 9.96. The third kappa shape index (κ3) is 5.39. The average molecular weight is 486 g/mol. The molecule has 0 aliphatic heterocycles. The molecule has 0 atom stereocenters. The lowest BCUT2D eigenvalue weighted by Crippen LogP contribution is -2.38. The van der Waals surface area contributed by atoms with E-state index in [0.29, 0.717) is 10.9 Å². The molecule has 0 spiro atoms. The zero-order valence-corrected chi connectivity index (χ0v) is 21.0. The molecule has 1 aromatic carbocycles. The molecule has 1 amide bonds. The second-order valence-electron chi connectivity index (χ2n) is 8.44. The maximum atomic E-state index is 12.9. The summed E-state index contributed by atoms with van der Waals surface area (Å²) in [7, 11) is 2.99. The average Bonchev–Trinajstić information content (AvgIpc) is 2.78.